The van der Waals surface area contributed by atoms with Crippen LogP contribution >= 0.6 is 0 Å². The summed E-state index contributed by atoms with van der Waals surface area (Å²) >= 11 is 0. The fraction of sp³-hybridized carbons (Fsp3) is 0.667. The van der Waals surface area contributed by atoms with Crippen LogP contribution in [-0.2, 0) is 0 Å². The molecule has 0 aromatic heterocycles. The van der Waals surface area contributed by atoms with Gasteiger partial charge in [0, 0.05) is 7.05 Å². The first kappa shape index (κ1) is 7.05. The molecule has 0 aromatic carbocycles. The summed E-state index contributed by atoms with van der Waals surface area (Å²) in [6.07, 6.45) is 0. The van der Waals surface area contributed by atoms with E-state index in [9.17, 15) is 0 Å². The number of hydrogen-bond acceptors (Lipinski definition) is 2. The molecule has 0 unspecified atom stereocenters. The molecule has 1 heterocycles. The minimum absolute atomic E-state index is 0.238. The highest BCUT2D eigenvalue weighted by atomic mass is 15.3. The van der Waals surface area contributed by atoms with Gasteiger partial charge in [-0.15, -0.1) is 0 Å². The summed E-state index contributed by atoms with van der Waals surface area (Å²) in [6.45, 7) is 3.88. The van der Waals surface area contributed by atoms with Crippen LogP contribution < -0.4 is 5.73 Å². The number of aliphatic imine (C=N–C) groups is 1. The van der Waals surface area contributed by atoms with E-state index in [0.29, 0.717) is 5.84 Å². The third-order valence-electron chi connectivity index (χ3n) is 2.01. The monoisotopic (exact) mass is 140 g/mol. The molecule has 0 aliphatic carbocycles. The highest BCUT2D eigenvalue weighted by Crippen LogP contribution is 2.18. The zero-order valence-corrected chi connectivity index (χ0v) is 6.47. The average molecular weight is 140 g/mol. The molecule has 0 atom stereocenters. The number of nitrogens with one attached hydrogen (secondary N) is 1. The zero-order valence-electron chi connectivity index (χ0n) is 6.47. The zero-order chi connectivity index (χ0) is 7.94. The fourth-order valence-electron chi connectivity index (χ4n) is 0.762. The highest BCUT2D eigenvalue weighted by molar-refractivity contribution is 6.05. The van der Waals surface area contributed by atoms with E-state index in [-0.39, 0.29) is 11.5 Å². The van der Waals surface area contributed by atoms with Crippen molar-refractivity contribution in [3.05, 3.63) is 0 Å². The predicted octanol–water partition coefficient (Wildman–Crippen LogP) is 0.00237. The van der Waals surface area contributed by atoms with Crippen molar-refractivity contribution in [3.63, 3.8) is 0 Å². The molecule has 0 saturated heterocycles. The van der Waals surface area contributed by atoms with Gasteiger partial charge in [-0.05, 0) is 13.8 Å². The Morgan fingerprint density at radius 3 is 2.20 bits per heavy atom. The number of amidine groups is 1. The molecular formula is C6H12N4. The summed E-state index contributed by atoms with van der Waals surface area (Å²) in [5.74, 6) is 0.752. The number of rotatable bonds is 0. The van der Waals surface area contributed by atoms with Crippen LogP contribution in [-0.4, -0.2) is 29.3 Å². The van der Waals surface area contributed by atoms with Crippen molar-refractivity contribution in [2.24, 2.45) is 10.7 Å². The van der Waals surface area contributed by atoms with Gasteiger partial charge in [0.1, 0.15) is 5.84 Å². The van der Waals surface area contributed by atoms with Gasteiger partial charge in [-0.3, -0.25) is 5.41 Å². The van der Waals surface area contributed by atoms with E-state index < -0.39 is 0 Å². The standard InChI is InChI=1S/C6H12N4/c1-6(2)4(7)9-5(8)10(6)3/h1-3H3,(H3,7,8,9). The van der Waals surface area contributed by atoms with Crippen LogP contribution in [0.2, 0.25) is 0 Å². The molecule has 1 aliphatic heterocycles. The van der Waals surface area contributed by atoms with Crippen LogP contribution in [0.1, 0.15) is 13.8 Å². The minimum atomic E-state index is -0.281. The summed E-state index contributed by atoms with van der Waals surface area (Å²) in [5, 5.41) is 7.30. The molecule has 0 amide bonds. The number of nitrogens with two attached hydrogens (primary N) is 1. The molecular weight excluding hydrogens is 128 g/mol. The first-order valence-electron chi connectivity index (χ1n) is 3.13. The van der Waals surface area contributed by atoms with E-state index in [4.69, 9.17) is 11.1 Å². The third kappa shape index (κ3) is 0.683. The largest absolute Gasteiger partial charge is 0.385 e. The molecule has 3 N–H and O–H groups in total. The summed E-state index contributed by atoms with van der Waals surface area (Å²) in [4.78, 5) is 5.56. The quantitative estimate of drug-likeness (QED) is 0.497. The molecule has 0 saturated carbocycles. The minimum Gasteiger partial charge on any atom is -0.385 e. The number of hydrogen-bond donors (Lipinski definition) is 2. The van der Waals surface area contributed by atoms with Gasteiger partial charge < -0.3 is 10.6 Å². The van der Waals surface area contributed by atoms with Crippen LogP contribution in [0, 0.1) is 5.41 Å². The van der Waals surface area contributed by atoms with Crippen molar-refractivity contribution in [1.82, 2.24) is 4.90 Å². The molecule has 4 nitrogen and oxygen atoms in total. The van der Waals surface area contributed by atoms with Gasteiger partial charge in [-0.2, -0.15) is 4.99 Å². The van der Waals surface area contributed by atoms with Crippen LogP contribution in [0.15, 0.2) is 4.99 Å². The van der Waals surface area contributed by atoms with E-state index in [1.807, 2.05) is 20.9 Å². The van der Waals surface area contributed by atoms with Crippen molar-refractivity contribution < 1.29 is 0 Å². The Balaban J connectivity index is 3.00. The van der Waals surface area contributed by atoms with Crippen molar-refractivity contribution in [2.75, 3.05) is 7.05 Å². The fourth-order valence-corrected chi connectivity index (χ4v) is 0.762. The Kier molecular flexibility index (Phi) is 1.21. The molecule has 0 spiro atoms. The lowest BCUT2D eigenvalue weighted by atomic mass is 10.0. The van der Waals surface area contributed by atoms with E-state index in [2.05, 4.69) is 4.99 Å². The number of likely N-dealkylation sites (N-methyl/N-ethyl adjacent to an activating group) is 1. The Labute approximate surface area is 60.2 Å². The first-order chi connectivity index (χ1) is 4.46. The van der Waals surface area contributed by atoms with Gasteiger partial charge in [0.15, 0.2) is 0 Å². The van der Waals surface area contributed by atoms with Gasteiger partial charge in [-0.1, -0.05) is 0 Å². The van der Waals surface area contributed by atoms with E-state index in [1.54, 1.807) is 4.90 Å². The van der Waals surface area contributed by atoms with Crippen LogP contribution in [0.5, 0.6) is 0 Å². The normalized spacial score (nSPS) is 23.3. The Bertz CT molecular complexity index is 204. The van der Waals surface area contributed by atoms with Gasteiger partial charge in [-0.25, -0.2) is 0 Å². The summed E-state index contributed by atoms with van der Waals surface area (Å²) in [5.41, 5.74) is 5.28. The van der Waals surface area contributed by atoms with Crippen molar-refractivity contribution in [1.29, 1.82) is 5.41 Å². The van der Waals surface area contributed by atoms with Gasteiger partial charge >= 0.3 is 0 Å². The molecule has 4 heteroatoms. The summed E-state index contributed by atoms with van der Waals surface area (Å²) < 4.78 is 0. The molecule has 1 aliphatic rings. The lowest BCUT2D eigenvalue weighted by molar-refractivity contribution is 0.355. The molecule has 56 valence electrons. The maximum absolute atomic E-state index is 7.30. The van der Waals surface area contributed by atoms with E-state index >= 15 is 0 Å². The molecule has 10 heavy (non-hydrogen) atoms. The maximum atomic E-state index is 7.30. The second-order valence-corrected chi connectivity index (χ2v) is 2.94. The maximum Gasteiger partial charge on any atom is 0.220 e. The molecule has 0 fully saturated rings. The second-order valence-electron chi connectivity index (χ2n) is 2.94. The molecule has 0 radical (unpaired) electrons. The lowest BCUT2D eigenvalue weighted by Gasteiger charge is -2.27. The average Bonchev–Trinajstić information content (AvgIpc) is 1.97. The Morgan fingerprint density at radius 1 is 1.60 bits per heavy atom. The topological polar surface area (TPSA) is 65.5 Å². The number of guanidine groups is 1. The second kappa shape index (κ2) is 1.71. The Morgan fingerprint density at radius 2 is 2.10 bits per heavy atom. The van der Waals surface area contributed by atoms with Crippen LogP contribution in [0.4, 0.5) is 0 Å². The predicted molar refractivity (Wildman–Crippen MR) is 41.2 cm³/mol. The van der Waals surface area contributed by atoms with Crippen molar-refractivity contribution in [3.8, 4) is 0 Å². The van der Waals surface area contributed by atoms with Gasteiger partial charge in [0.05, 0.1) is 5.54 Å². The molecule has 0 bridgehead atoms. The SMILES string of the molecule is CN1C(=N)N=C(N)C1(C)C. The van der Waals surface area contributed by atoms with E-state index in [1.165, 1.54) is 0 Å². The number of nitrogens with zero attached hydrogens (tertiary/aromatic N) is 2. The van der Waals surface area contributed by atoms with E-state index in [0.717, 1.165) is 0 Å². The lowest BCUT2D eigenvalue weighted by Crippen LogP contribution is -2.47. The summed E-state index contributed by atoms with van der Waals surface area (Å²) in [6, 6.07) is 0. The first-order valence-corrected chi connectivity index (χ1v) is 3.13. The van der Waals surface area contributed by atoms with Gasteiger partial charge in [0.2, 0.25) is 5.96 Å². The Hall–Kier alpha value is -1.06. The molecule has 0 aromatic rings. The van der Waals surface area contributed by atoms with Crippen molar-refractivity contribution in [2.45, 2.75) is 19.4 Å². The van der Waals surface area contributed by atoms with Crippen LogP contribution in [0.25, 0.3) is 0 Å². The van der Waals surface area contributed by atoms with Crippen molar-refractivity contribution >= 4 is 11.8 Å². The van der Waals surface area contributed by atoms with Gasteiger partial charge in [0.25, 0.3) is 0 Å². The van der Waals surface area contributed by atoms with Crippen LogP contribution in [0.3, 0.4) is 0 Å². The molecule has 1 rings (SSSR count). The summed E-state index contributed by atoms with van der Waals surface area (Å²) in [7, 11) is 1.81. The highest BCUT2D eigenvalue weighted by Gasteiger charge is 2.35. The smallest absolute Gasteiger partial charge is 0.220 e. The third-order valence-corrected chi connectivity index (χ3v) is 2.01.